The number of ether oxygens (including phenoxy) is 2. The number of carbonyl (C=O) groups excluding carboxylic acids is 1. The molecule has 0 unspecified atom stereocenters. The topological polar surface area (TPSA) is 35.5 Å². The highest BCUT2D eigenvalue weighted by atomic mass is 16.5. The Morgan fingerprint density at radius 2 is 1.79 bits per heavy atom. The summed E-state index contributed by atoms with van der Waals surface area (Å²) < 4.78 is 10.4. The molecule has 0 atom stereocenters. The van der Waals surface area contributed by atoms with Crippen LogP contribution in [0.4, 0.5) is 0 Å². The van der Waals surface area contributed by atoms with E-state index in [1.54, 1.807) is 0 Å². The number of carbonyl (C=O) groups is 1. The van der Waals surface area contributed by atoms with Crippen molar-refractivity contribution in [1.82, 2.24) is 0 Å². The van der Waals surface area contributed by atoms with Crippen LogP contribution < -0.4 is 0 Å². The average molecular weight is 202 g/mol. The van der Waals surface area contributed by atoms with Gasteiger partial charge in [-0.25, -0.2) is 0 Å². The van der Waals surface area contributed by atoms with Gasteiger partial charge in [0.2, 0.25) is 0 Å². The van der Waals surface area contributed by atoms with Gasteiger partial charge in [0.25, 0.3) is 0 Å². The van der Waals surface area contributed by atoms with E-state index in [-0.39, 0.29) is 12.4 Å². The second kappa shape index (κ2) is 9.16. The Morgan fingerprint density at radius 3 is 2.36 bits per heavy atom. The molecule has 0 saturated heterocycles. The molecule has 3 heteroatoms. The molecule has 0 aliphatic carbocycles. The van der Waals surface area contributed by atoms with Crippen molar-refractivity contribution in [3.63, 3.8) is 0 Å². The monoisotopic (exact) mass is 202 g/mol. The molecule has 14 heavy (non-hydrogen) atoms. The van der Waals surface area contributed by atoms with Gasteiger partial charge in [-0.1, -0.05) is 20.8 Å². The molecule has 0 spiro atoms. The molecule has 84 valence electrons. The second-order valence-electron chi connectivity index (χ2n) is 3.80. The van der Waals surface area contributed by atoms with Gasteiger partial charge in [-0.05, 0) is 12.3 Å². The van der Waals surface area contributed by atoms with E-state index >= 15 is 0 Å². The Kier molecular flexibility index (Phi) is 8.89. The summed E-state index contributed by atoms with van der Waals surface area (Å²) in [6.45, 7) is 8.22. The fourth-order valence-electron chi connectivity index (χ4n) is 1.06. The zero-order chi connectivity index (χ0) is 10.8. The highest BCUT2D eigenvalue weighted by Crippen LogP contribution is 1.99. The van der Waals surface area contributed by atoms with Gasteiger partial charge in [0.1, 0.15) is 6.61 Å². The fourth-order valence-corrected chi connectivity index (χ4v) is 1.06. The molecule has 0 heterocycles. The number of ketones is 1. The minimum Gasteiger partial charge on any atom is -0.379 e. The molecule has 0 N–H and O–H groups in total. The van der Waals surface area contributed by atoms with Gasteiger partial charge in [0.05, 0.1) is 13.2 Å². The molecule has 0 aromatic carbocycles. The van der Waals surface area contributed by atoms with Crippen LogP contribution in [0, 0.1) is 5.92 Å². The van der Waals surface area contributed by atoms with Crippen LogP contribution in [0.1, 0.15) is 33.6 Å². The van der Waals surface area contributed by atoms with Crippen molar-refractivity contribution in [2.75, 3.05) is 26.4 Å². The highest BCUT2D eigenvalue weighted by Gasteiger charge is 2.04. The summed E-state index contributed by atoms with van der Waals surface area (Å²) in [6.07, 6.45) is 1.63. The molecule has 0 aromatic rings. The molecule has 0 fully saturated rings. The van der Waals surface area contributed by atoms with Crippen LogP contribution in [-0.2, 0) is 14.3 Å². The van der Waals surface area contributed by atoms with E-state index in [4.69, 9.17) is 9.47 Å². The van der Waals surface area contributed by atoms with E-state index in [0.29, 0.717) is 25.6 Å². The SMILES string of the molecule is CCCOCCOCC(=O)CC(C)C. The summed E-state index contributed by atoms with van der Waals surface area (Å²) in [4.78, 5) is 11.2. The third-order valence-electron chi connectivity index (χ3n) is 1.62. The minimum atomic E-state index is 0.176. The molecule has 0 aliphatic rings. The van der Waals surface area contributed by atoms with Gasteiger partial charge in [-0.15, -0.1) is 0 Å². The van der Waals surface area contributed by atoms with Crippen LogP contribution >= 0.6 is 0 Å². The largest absolute Gasteiger partial charge is 0.379 e. The molecule has 0 amide bonds. The lowest BCUT2D eigenvalue weighted by Gasteiger charge is -2.05. The number of Topliss-reactive ketones (excluding diaryl/α,β-unsaturated/α-hetero) is 1. The lowest BCUT2D eigenvalue weighted by molar-refractivity contribution is -0.124. The maximum absolute atomic E-state index is 11.2. The first-order valence-electron chi connectivity index (χ1n) is 5.34. The van der Waals surface area contributed by atoms with Gasteiger partial charge in [0.15, 0.2) is 5.78 Å². The van der Waals surface area contributed by atoms with Crippen molar-refractivity contribution in [1.29, 1.82) is 0 Å². The first-order chi connectivity index (χ1) is 6.66. The Bertz CT molecular complexity index is 143. The minimum absolute atomic E-state index is 0.176. The highest BCUT2D eigenvalue weighted by molar-refractivity contribution is 5.79. The molecule has 0 radical (unpaired) electrons. The number of rotatable bonds is 9. The quantitative estimate of drug-likeness (QED) is 0.537. The summed E-state index contributed by atoms with van der Waals surface area (Å²) in [5.41, 5.74) is 0. The molecule has 0 aromatic heterocycles. The number of hydrogen-bond donors (Lipinski definition) is 0. The third-order valence-corrected chi connectivity index (χ3v) is 1.62. The van der Waals surface area contributed by atoms with Crippen LogP contribution in [0.15, 0.2) is 0 Å². The summed E-state index contributed by atoms with van der Waals surface area (Å²) in [7, 11) is 0. The Balaban J connectivity index is 3.15. The maximum Gasteiger partial charge on any atom is 0.158 e. The van der Waals surface area contributed by atoms with E-state index in [9.17, 15) is 4.79 Å². The van der Waals surface area contributed by atoms with E-state index in [0.717, 1.165) is 13.0 Å². The third kappa shape index (κ3) is 9.68. The maximum atomic E-state index is 11.2. The van der Waals surface area contributed by atoms with Gasteiger partial charge >= 0.3 is 0 Å². The molecule has 0 rings (SSSR count). The predicted molar refractivity (Wildman–Crippen MR) is 56.4 cm³/mol. The molecule has 0 aliphatic heterocycles. The second-order valence-corrected chi connectivity index (χ2v) is 3.80. The van der Waals surface area contributed by atoms with Crippen molar-refractivity contribution >= 4 is 5.78 Å². The van der Waals surface area contributed by atoms with Gasteiger partial charge < -0.3 is 9.47 Å². The van der Waals surface area contributed by atoms with Gasteiger partial charge in [-0.3, -0.25) is 4.79 Å². The van der Waals surface area contributed by atoms with Crippen molar-refractivity contribution < 1.29 is 14.3 Å². The van der Waals surface area contributed by atoms with Gasteiger partial charge in [0, 0.05) is 13.0 Å². The standard InChI is InChI=1S/C11H22O3/c1-4-5-13-6-7-14-9-11(12)8-10(2)3/h10H,4-9H2,1-3H3. The van der Waals surface area contributed by atoms with E-state index in [1.165, 1.54) is 0 Å². The molecular weight excluding hydrogens is 180 g/mol. The smallest absolute Gasteiger partial charge is 0.158 e. The molecule has 3 nitrogen and oxygen atoms in total. The van der Waals surface area contributed by atoms with Crippen LogP contribution in [0.3, 0.4) is 0 Å². The van der Waals surface area contributed by atoms with Crippen molar-refractivity contribution in [3.8, 4) is 0 Å². The summed E-state index contributed by atoms with van der Waals surface area (Å²) in [6, 6.07) is 0. The first-order valence-corrected chi connectivity index (χ1v) is 5.34. The predicted octanol–water partition coefficient (Wildman–Crippen LogP) is 2.04. The van der Waals surface area contributed by atoms with Crippen molar-refractivity contribution in [3.05, 3.63) is 0 Å². The Labute approximate surface area is 86.8 Å². The lowest BCUT2D eigenvalue weighted by Crippen LogP contribution is -2.14. The Morgan fingerprint density at radius 1 is 1.14 bits per heavy atom. The summed E-state index contributed by atoms with van der Waals surface area (Å²) in [5.74, 6) is 0.595. The molecular formula is C11H22O3. The van der Waals surface area contributed by atoms with Crippen molar-refractivity contribution in [2.45, 2.75) is 33.6 Å². The van der Waals surface area contributed by atoms with Crippen LogP contribution in [0.5, 0.6) is 0 Å². The first kappa shape index (κ1) is 13.6. The summed E-state index contributed by atoms with van der Waals surface area (Å²) in [5, 5.41) is 0. The molecule has 0 bridgehead atoms. The fraction of sp³-hybridized carbons (Fsp3) is 0.909. The van der Waals surface area contributed by atoms with Gasteiger partial charge in [-0.2, -0.15) is 0 Å². The average Bonchev–Trinajstić information content (AvgIpc) is 2.10. The summed E-state index contributed by atoms with van der Waals surface area (Å²) >= 11 is 0. The lowest BCUT2D eigenvalue weighted by atomic mass is 10.1. The van der Waals surface area contributed by atoms with E-state index in [2.05, 4.69) is 6.92 Å². The number of hydrogen-bond acceptors (Lipinski definition) is 3. The van der Waals surface area contributed by atoms with E-state index in [1.807, 2.05) is 13.8 Å². The van der Waals surface area contributed by atoms with Crippen molar-refractivity contribution in [2.24, 2.45) is 5.92 Å². The van der Waals surface area contributed by atoms with Crippen LogP contribution in [0.25, 0.3) is 0 Å². The zero-order valence-electron chi connectivity index (χ0n) is 9.54. The Hall–Kier alpha value is -0.410. The zero-order valence-corrected chi connectivity index (χ0v) is 9.54. The van der Waals surface area contributed by atoms with Crippen LogP contribution in [-0.4, -0.2) is 32.2 Å². The normalized spacial score (nSPS) is 10.9. The van der Waals surface area contributed by atoms with Crippen LogP contribution in [0.2, 0.25) is 0 Å². The molecule has 0 saturated carbocycles. The van der Waals surface area contributed by atoms with E-state index < -0.39 is 0 Å².